The lowest BCUT2D eigenvalue weighted by Gasteiger charge is -2.34. The second-order valence-electron chi connectivity index (χ2n) is 4.76. The number of likely N-dealkylation sites (N-methyl/N-ethyl adjacent to an activating group) is 1. The van der Waals surface area contributed by atoms with Gasteiger partial charge in [-0.1, -0.05) is 0 Å². The van der Waals surface area contributed by atoms with Crippen LogP contribution in [-0.4, -0.2) is 43.7 Å². The molecule has 0 aromatic heterocycles. The van der Waals surface area contributed by atoms with Crippen LogP contribution in [0.1, 0.15) is 26.2 Å². The van der Waals surface area contributed by atoms with Gasteiger partial charge in [-0.05, 0) is 12.8 Å². The summed E-state index contributed by atoms with van der Waals surface area (Å²) >= 11 is 0. The number of ether oxygens (including phenoxy) is 1. The first-order valence-corrected chi connectivity index (χ1v) is 4.89. The van der Waals surface area contributed by atoms with Crippen molar-refractivity contribution in [1.82, 2.24) is 0 Å². The summed E-state index contributed by atoms with van der Waals surface area (Å²) in [5.41, 5.74) is 0. The Labute approximate surface area is 103 Å². The number of hydrogen-bond acceptors (Lipinski definition) is 2. The highest BCUT2D eigenvalue weighted by Gasteiger charge is 2.38. The van der Waals surface area contributed by atoms with Gasteiger partial charge in [0, 0.05) is 13.3 Å². The van der Waals surface area contributed by atoms with E-state index >= 15 is 0 Å². The number of carbonyl (C=O) groups is 1. The smallest absolute Gasteiger partial charge is 0.303 e. The Morgan fingerprint density at radius 1 is 1.29 bits per heavy atom. The van der Waals surface area contributed by atoms with Gasteiger partial charge >= 0.3 is 5.97 Å². The zero-order chi connectivity index (χ0) is 10.1. The lowest BCUT2D eigenvalue weighted by atomic mass is 10.1. The molecule has 0 aromatic carbocycles. The molecule has 1 saturated carbocycles. The minimum Gasteiger partial charge on any atom is -1.00 e. The van der Waals surface area contributed by atoms with Gasteiger partial charge in [0.1, 0.15) is 6.04 Å². The Balaban J connectivity index is 0.00000169. The molecular weight excluding hydrogens is 293 g/mol. The minimum atomic E-state index is -0.148. The van der Waals surface area contributed by atoms with Crippen LogP contribution in [0.15, 0.2) is 0 Å². The molecule has 3 nitrogen and oxygen atoms in total. The Morgan fingerprint density at radius 3 is 2.29 bits per heavy atom. The Morgan fingerprint density at radius 2 is 1.86 bits per heavy atom. The molecule has 0 bridgehead atoms. The van der Waals surface area contributed by atoms with Crippen LogP contribution in [0.25, 0.3) is 0 Å². The molecule has 1 aliphatic carbocycles. The summed E-state index contributed by atoms with van der Waals surface area (Å²) in [4.78, 5) is 10.8. The molecule has 0 amide bonds. The van der Waals surface area contributed by atoms with Crippen molar-refractivity contribution in [1.29, 1.82) is 0 Å². The Hall–Kier alpha value is 0.160. The molecule has 0 saturated heterocycles. The maximum Gasteiger partial charge on any atom is 0.303 e. The fourth-order valence-electron chi connectivity index (χ4n) is 2.14. The van der Waals surface area contributed by atoms with Crippen LogP contribution < -0.4 is 24.0 Å². The van der Waals surface area contributed by atoms with Crippen molar-refractivity contribution < 1.29 is 38.0 Å². The van der Waals surface area contributed by atoms with Crippen LogP contribution in [0.2, 0.25) is 0 Å². The Bertz CT molecular complexity index is 201. The first-order valence-electron chi connectivity index (χ1n) is 4.89. The molecule has 14 heavy (non-hydrogen) atoms. The summed E-state index contributed by atoms with van der Waals surface area (Å²) in [6.45, 7) is 1.49. The SMILES string of the molecule is CC(=O)O[C@@H]1CCC[C@H]1[N+](C)(C)C.[I-]. The molecule has 0 aromatic rings. The van der Waals surface area contributed by atoms with Gasteiger partial charge in [0.15, 0.2) is 6.10 Å². The van der Waals surface area contributed by atoms with Gasteiger partial charge < -0.3 is 33.2 Å². The van der Waals surface area contributed by atoms with E-state index in [4.69, 9.17) is 4.74 Å². The summed E-state index contributed by atoms with van der Waals surface area (Å²) < 4.78 is 6.18. The third-order valence-corrected chi connectivity index (χ3v) is 2.73. The van der Waals surface area contributed by atoms with Gasteiger partial charge in [-0.3, -0.25) is 4.79 Å². The third kappa shape index (κ3) is 3.73. The van der Waals surface area contributed by atoms with Crippen molar-refractivity contribution in [3.8, 4) is 0 Å². The molecule has 0 spiro atoms. The predicted octanol–water partition coefficient (Wildman–Crippen LogP) is -1.82. The number of carbonyl (C=O) groups excluding carboxylic acids is 1. The van der Waals surface area contributed by atoms with Crippen molar-refractivity contribution >= 4 is 5.97 Å². The second kappa shape index (κ2) is 5.30. The molecule has 4 heteroatoms. The maximum atomic E-state index is 10.8. The predicted molar refractivity (Wildman–Crippen MR) is 51.2 cm³/mol. The van der Waals surface area contributed by atoms with Gasteiger partial charge in [-0.2, -0.15) is 0 Å². The van der Waals surface area contributed by atoms with Crippen LogP contribution in [0, 0.1) is 0 Å². The van der Waals surface area contributed by atoms with Crippen LogP contribution >= 0.6 is 0 Å². The third-order valence-electron chi connectivity index (χ3n) is 2.73. The monoisotopic (exact) mass is 313 g/mol. The van der Waals surface area contributed by atoms with E-state index in [0.29, 0.717) is 6.04 Å². The number of hydrogen-bond donors (Lipinski definition) is 0. The van der Waals surface area contributed by atoms with Gasteiger partial charge in [-0.15, -0.1) is 0 Å². The quantitative estimate of drug-likeness (QED) is 0.341. The van der Waals surface area contributed by atoms with E-state index in [1.54, 1.807) is 0 Å². The zero-order valence-electron chi connectivity index (χ0n) is 9.42. The lowest BCUT2D eigenvalue weighted by molar-refractivity contribution is -0.898. The van der Waals surface area contributed by atoms with Crippen LogP contribution in [0.5, 0.6) is 0 Å². The zero-order valence-corrected chi connectivity index (χ0v) is 11.6. The molecule has 0 unspecified atom stereocenters. The van der Waals surface area contributed by atoms with E-state index in [2.05, 4.69) is 21.1 Å². The molecular formula is C10H20INO2. The number of rotatable bonds is 2. The molecule has 0 N–H and O–H groups in total. The van der Waals surface area contributed by atoms with E-state index in [1.807, 2.05) is 0 Å². The topological polar surface area (TPSA) is 26.3 Å². The molecule has 1 rings (SSSR count). The molecule has 0 aliphatic heterocycles. The van der Waals surface area contributed by atoms with Crippen LogP contribution in [0.3, 0.4) is 0 Å². The van der Waals surface area contributed by atoms with Crippen molar-refractivity contribution in [2.75, 3.05) is 21.1 Å². The molecule has 0 heterocycles. The highest BCUT2D eigenvalue weighted by molar-refractivity contribution is 5.66. The van der Waals surface area contributed by atoms with E-state index < -0.39 is 0 Å². The number of halogens is 1. The highest BCUT2D eigenvalue weighted by Crippen LogP contribution is 2.28. The first-order chi connectivity index (χ1) is 5.91. The second-order valence-corrected chi connectivity index (χ2v) is 4.76. The van der Waals surface area contributed by atoms with E-state index in [-0.39, 0.29) is 36.0 Å². The number of nitrogens with zero attached hydrogens (tertiary/aromatic N) is 1. The van der Waals surface area contributed by atoms with E-state index in [1.165, 1.54) is 19.8 Å². The van der Waals surface area contributed by atoms with Crippen molar-refractivity contribution in [2.24, 2.45) is 0 Å². The summed E-state index contributed by atoms with van der Waals surface area (Å²) in [6.07, 6.45) is 3.51. The van der Waals surface area contributed by atoms with E-state index in [0.717, 1.165) is 10.9 Å². The molecule has 0 radical (unpaired) electrons. The summed E-state index contributed by atoms with van der Waals surface area (Å²) in [7, 11) is 6.48. The number of esters is 1. The van der Waals surface area contributed by atoms with Gasteiger partial charge in [0.25, 0.3) is 0 Å². The molecule has 1 aliphatic rings. The number of quaternary nitrogens is 1. The van der Waals surface area contributed by atoms with Gasteiger partial charge in [0.05, 0.1) is 21.1 Å². The van der Waals surface area contributed by atoms with Crippen LogP contribution in [0.4, 0.5) is 0 Å². The maximum absolute atomic E-state index is 10.8. The van der Waals surface area contributed by atoms with E-state index in [9.17, 15) is 4.79 Å². The Kier molecular flexibility index (Phi) is 5.36. The fourth-order valence-corrected chi connectivity index (χ4v) is 2.14. The lowest BCUT2D eigenvalue weighted by Crippen LogP contribution is -3.00. The minimum absolute atomic E-state index is 0. The molecule has 84 valence electrons. The summed E-state index contributed by atoms with van der Waals surface area (Å²) in [5.74, 6) is -0.148. The van der Waals surface area contributed by atoms with Crippen molar-refractivity contribution in [2.45, 2.75) is 38.3 Å². The summed E-state index contributed by atoms with van der Waals surface area (Å²) in [6, 6.07) is 0.476. The average Bonchev–Trinajstić information content (AvgIpc) is 2.31. The average molecular weight is 313 g/mol. The highest BCUT2D eigenvalue weighted by atomic mass is 127. The van der Waals surface area contributed by atoms with Gasteiger partial charge in [0.2, 0.25) is 0 Å². The fraction of sp³-hybridized carbons (Fsp3) is 0.900. The first kappa shape index (κ1) is 14.2. The van der Waals surface area contributed by atoms with Gasteiger partial charge in [-0.25, -0.2) is 0 Å². The standard InChI is InChI=1S/C10H20NO2.HI/c1-8(12)13-10-7-5-6-9(10)11(2,3)4;/h9-10H,5-7H2,1-4H3;1H/q+1;/p-1/t9-,10-;/m1./s1. The van der Waals surface area contributed by atoms with Crippen molar-refractivity contribution in [3.63, 3.8) is 0 Å². The molecule has 1 fully saturated rings. The summed E-state index contributed by atoms with van der Waals surface area (Å²) in [5, 5.41) is 0. The van der Waals surface area contributed by atoms with Crippen LogP contribution in [-0.2, 0) is 9.53 Å². The largest absolute Gasteiger partial charge is 1.00 e. The normalized spacial score (nSPS) is 26.9. The van der Waals surface area contributed by atoms with Crippen molar-refractivity contribution in [3.05, 3.63) is 0 Å². The molecule has 2 atom stereocenters.